The molecule has 0 aliphatic heterocycles. The van der Waals surface area contributed by atoms with Gasteiger partial charge in [-0.3, -0.25) is 9.59 Å². The molecule has 5 heteroatoms. The molecule has 5 nitrogen and oxygen atoms in total. The van der Waals surface area contributed by atoms with Crippen LogP contribution >= 0.6 is 0 Å². The van der Waals surface area contributed by atoms with E-state index in [-0.39, 0.29) is 18.3 Å². The number of carbonyl (C=O) groups excluding carboxylic acids is 2. The maximum Gasteiger partial charge on any atom is 0.306 e. The van der Waals surface area contributed by atoms with Crippen LogP contribution in [-0.4, -0.2) is 24.6 Å². The fourth-order valence-electron chi connectivity index (χ4n) is 3.25. The number of hydrogen-bond acceptors (Lipinski definition) is 4. The number of methoxy groups -OCH3 is 1. The van der Waals surface area contributed by atoms with Crippen LogP contribution in [0.25, 0.3) is 10.8 Å². The number of hydrogen-bond donors (Lipinski definition) is 1. The standard InChI is InChI=1S/C25H27NO4/c1-25(2,3)30-23(27)15-13-17-12-14-22(29-4)20(16-17)24(28)26-21-11-7-9-18-8-5-6-10-19(18)21/h5-12,14,16H,13,15H2,1-4H3,(H,26,28). The fraction of sp³-hybridized carbons (Fsp3) is 0.280. The minimum Gasteiger partial charge on any atom is -0.496 e. The third-order valence-electron chi connectivity index (χ3n) is 4.58. The van der Waals surface area contributed by atoms with E-state index in [9.17, 15) is 9.59 Å². The number of ether oxygens (including phenoxy) is 2. The molecule has 30 heavy (non-hydrogen) atoms. The predicted octanol–water partition coefficient (Wildman–Crippen LogP) is 5.38. The summed E-state index contributed by atoms with van der Waals surface area (Å²) < 4.78 is 10.7. The second kappa shape index (κ2) is 8.99. The van der Waals surface area contributed by atoms with Crippen molar-refractivity contribution in [2.45, 2.75) is 39.2 Å². The first-order valence-electron chi connectivity index (χ1n) is 9.95. The third kappa shape index (κ3) is 5.38. The SMILES string of the molecule is COc1ccc(CCC(=O)OC(C)(C)C)cc1C(=O)Nc1cccc2ccccc12. The minimum atomic E-state index is -0.513. The van der Waals surface area contributed by atoms with Gasteiger partial charge in [0.1, 0.15) is 11.4 Å². The molecule has 1 amide bonds. The van der Waals surface area contributed by atoms with Crippen LogP contribution in [0.15, 0.2) is 60.7 Å². The molecule has 0 radical (unpaired) electrons. The van der Waals surface area contributed by atoms with Gasteiger partial charge in [-0.2, -0.15) is 0 Å². The van der Waals surface area contributed by atoms with E-state index in [1.165, 1.54) is 7.11 Å². The van der Waals surface area contributed by atoms with E-state index >= 15 is 0 Å². The van der Waals surface area contributed by atoms with Crippen molar-refractivity contribution in [3.63, 3.8) is 0 Å². The number of carbonyl (C=O) groups is 2. The Bertz CT molecular complexity index is 1060. The Morgan fingerprint density at radius 2 is 1.70 bits per heavy atom. The van der Waals surface area contributed by atoms with Crippen molar-refractivity contribution in [3.8, 4) is 5.75 Å². The summed E-state index contributed by atoms with van der Waals surface area (Å²) in [6.07, 6.45) is 0.724. The summed E-state index contributed by atoms with van der Waals surface area (Å²) >= 11 is 0. The Labute approximate surface area is 177 Å². The molecule has 3 aromatic rings. The minimum absolute atomic E-state index is 0.244. The van der Waals surface area contributed by atoms with Crippen LogP contribution in [0.5, 0.6) is 5.75 Å². The van der Waals surface area contributed by atoms with Gasteiger partial charge in [-0.1, -0.05) is 42.5 Å². The topological polar surface area (TPSA) is 64.6 Å². The molecule has 0 aliphatic rings. The van der Waals surface area contributed by atoms with Crippen molar-refractivity contribution in [3.05, 3.63) is 71.8 Å². The molecule has 1 N–H and O–H groups in total. The number of amides is 1. The Morgan fingerprint density at radius 1 is 0.967 bits per heavy atom. The smallest absolute Gasteiger partial charge is 0.306 e. The van der Waals surface area contributed by atoms with Gasteiger partial charge in [-0.25, -0.2) is 0 Å². The van der Waals surface area contributed by atoms with E-state index < -0.39 is 5.60 Å². The quantitative estimate of drug-likeness (QED) is 0.560. The van der Waals surface area contributed by atoms with Crippen LogP contribution in [-0.2, 0) is 16.0 Å². The number of nitrogens with one attached hydrogen (secondary N) is 1. The van der Waals surface area contributed by atoms with Gasteiger partial charge in [0.15, 0.2) is 0 Å². The number of anilines is 1. The summed E-state index contributed by atoms with van der Waals surface area (Å²) in [6.45, 7) is 5.52. The van der Waals surface area contributed by atoms with Gasteiger partial charge < -0.3 is 14.8 Å². The molecule has 156 valence electrons. The summed E-state index contributed by atoms with van der Waals surface area (Å²) in [6, 6.07) is 19.0. The van der Waals surface area contributed by atoms with Crippen LogP contribution in [0.3, 0.4) is 0 Å². The van der Waals surface area contributed by atoms with E-state index in [0.29, 0.717) is 17.7 Å². The van der Waals surface area contributed by atoms with Gasteiger partial charge in [-0.05, 0) is 56.3 Å². The van der Waals surface area contributed by atoms with Crippen molar-refractivity contribution >= 4 is 28.3 Å². The maximum absolute atomic E-state index is 13.0. The molecular formula is C25H27NO4. The molecule has 0 bridgehead atoms. The van der Waals surface area contributed by atoms with Crippen molar-refractivity contribution in [1.82, 2.24) is 0 Å². The van der Waals surface area contributed by atoms with Crippen molar-refractivity contribution in [1.29, 1.82) is 0 Å². The summed E-state index contributed by atoms with van der Waals surface area (Å²) in [5.74, 6) is -0.0452. The van der Waals surface area contributed by atoms with Crippen LogP contribution in [0.1, 0.15) is 43.1 Å². The van der Waals surface area contributed by atoms with E-state index in [4.69, 9.17) is 9.47 Å². The number of fused-ring (bicyclic) bond motifs is 1. The average molecular weight is 405 g/mol. The highest BCUT2D eigenvalue weighted by Gasteiger charge is 2.18. The van der Waals surface area contributed by atoms with Gasteiger partial charge in [0, 0.05) is 17.5 Å². The summed E-state index contributed by atoms with van der Waals surface area (Å²) in [4.78, 5) is 25.0. The molecule has 0 saturated heterocycles. The van der Waals surface area contributed by atoms with Crippen molar-refractivity contribution in [2.75, 3.05) is 12.4 Å². The Balaban J connectivity index is 1.79. The van der Waals surface area contributed by atoms with Gasteiger partial charge in [0.25, 0.3) is 5.91 Å². The molecule has 0 spiro atoms. The van der Waals surface area contributed by atoms with Gasteiger partial charge in [0.05, 0.1) is 12.7 Å². The van der Waals surface area contributed by atoms with Gasteiger partial charge in [0.2, 0.25) is 0 Å². The molecule has 0 unspecified atom stereocenters. The molecule has 0 saturated carbocycles. The Hall–Kier alpha value is -3.34. The first-order valence-corrected chi connectivity index (χ1v) is 9.95. The van der Waals surface area contributed by atoms with E-state index in [2.05, 4.69) is 5.32 Å². The van der Waals surface area contributed by atoms with Crippen LogP contribution in [0.4, 0.5) is 5.69 Å². The highest BCUT2D eigenvalue weighted by molar-refractivity contribution is 6.10. The summed E-state index contributed by atoms with van der Waals surface area (Å²) in [5, 5.41) is 5.00. The van der Waals surface area contributed by atoms with E-state index in [0.717, 1.165) is 22.0 Å². The van der Waals surface area contributed by atoms with E-state index in [1.807, 2.05) is 69.3 Å². The lowest BCUT2D eigenvalue weighted by Gasteiger charge is -2.19. The van der Waals surface area contributed by atoms with E-state index in [1.54, 1.807) is 12.1 Å². The number of rotatable bonds is 6. The largest absolute Gasteiger partial charge is 0.496 e. The number of esters is 1. The third-order valence-corrected chi connectivity index (χ3v) is 4.58. The number of benzene rings is 3. The summed E-state index contributed by atoms with van der Waals surface area (Å²) in [7, 11) is 1.53. The lowest BCUT2D eigenvalue weighted by molar-refractivity contribution is -0.154. The monoisotopic (exact) mass is 405 g/mol. The molecule has 0 fully saturated rings. The first kappa shape index (κ1) is 21.4. The zero-order chi connectivity index (χ0) is 21.7. The Kier molecular flexibility index (Phi) is 6.40. The normalized spacial score (nSPS) is 11.2. The van der Waals surface area contributed by atoms with Gasteiger partial charge in [-0.15, -0.1) is 0 Å². The molecule has 0 heterocycles. The molecule has 3 aromatic carbocycles. The van der Waals surface area contributed by atoms with Crippen LogP contribution in [0.2, 0.25) is 0 Å². The molecule has 3 rings (SSSR count). The van der Waals surface area contributed by atoms with Crippen LogP contribution in [0, 0.1) is 0 Å². The maximum atomic E-state index is 13.0. The molecule has 0 aliphatic carbocycles. The summed E-state index contributed by atoms with van der Waals surface area (Å²) in [5.41, 5.74) is 1.51. The zero-order valence-electron chi connectivity index (χ0n) is 17.8. The second-order valence-corrected chi connectivity index (χ2v) is 8.10. The van der Waals surface area contributed by atoms with Gasteiger partial charge >= 0.3 is 5.97 Å². The second-order valence-electron chi connectivity index (χ2n) is 8.10. The van der Waals surface area contributed by atoms with Crippen LogP contribution < -0.4 is 10.1 Å². The predicted molar refractivity (Wildman–Crippen MR) is 119 cm³/mol. The molecule has 0 atom stereocenters. The van der Waals surface area contributed by atoms with Crippen molar-refractivity contribution in [2.24, 2.45) is 0 Å². The fourth-order valence-corrected chi connectivity index (χ4v) is 3.25. The highest BCUT2D eigenvalue weighted by Crippen LogP contribution is 2.26. The first-order chi connectivity index (χ1) is 14.3. The molecular weight excluding hydrogens is 378 g/mol. The van der Waals surface area contributed by atoms with Crippen molar-refractivity contribution < 1.29 is 19.1 Å². The highest BCUT2D eigenvalue weighted by atomic mass is 16.6. The lowest BCUT2D eigenvalue weighted by Crippen LogP contribution is -2.24. The Morgan fingerprint density at radius 3 is 2.43 bits per heavy atom. The lowest BCUT2D eigenvalue weighted by atomic mass is 10.0. The zero-order valence-corrected chi connectivity index (χ0v) is 17.8. The molecule has 0 aromatic heterocycles. The average Bonchev–Trinajstić information content (AvgIpc) is 2.71. The number of aryl methyl sites for hydroxylation is 1.